The number of sulfonamides is 1. The molecular formula is C19H23FN2O5S. The Labute approximate surface area is 163 Å². The highest BCUT2D eigenvalue weighted by Crippen LogP contribution is 2.30. The van der Waals surface area contributed by atoms with Crippen LogP contribution in [0.1, 0.15) is 12.8 Å². The van der Waals surface area contributed by atoms with E-state index in [0.29, 0.717) is 45.2 Å². The van der Waals surface area contributed by atoms with Crippen molar-refractivity contribution < 1.29 is 27.0 Å². The summed E-state index contributed by atoms with van der Waals surface area (Å²) >= 11 is 0. The topological polar surface area (TPSA) is 77.1 Å². The van der Waals surface area contributed by atoms with E-state index in [1.165, 1.54) is 12.1 Å². The minimum atomic E-state index is -3.63. The lowest BCUT2D eigenvalue weighted by Crippen LogP contribution is -2.59. The molecule has 0 atom stereocenters. The van der Waals surface area contributed by atoms with Gasteiger partial charge in [0.05, 0.1) is 4.90 Å². The zero-order valence-electron chi connectivity index (χ0n) is 15.4. The van der Waals surface area contributed by atoms with Crippen molar-refractivity contribution in [2.75, 3.05) is 39.5 Å². The molecule has 2 heterocycles. The summed E-state index contributed by atoms with van der Waals surface area (Å²) in [5.74, 6) is 1.85. The molecule has 2 aliphatic heterocycles. The molecule has 152 valence electrons. The van der Waals surface area contributed by atoms with Crippen LogP contribution in [0.3, 0.4) is 0 Å². The predicted molar refractivity (Wildman–Crippen MR) is 99.1 cm³/mol. The number of nitrogens with zero attached hydrogens (tertiary/aromatic N) is 1. The zero-order chi connectivity index (χ0) is 19.6. The fraction of sp³-hybridized carbons (Fsp3) is 0.474. The first-order chi connectivity index (χ1) is 13.5. The predicted octanol–water partition coefficient (Wildman–Crippen LogP) is 1.74. The molecule has 0 saturated carbocycles. The maximum atomic E-state index is 13.0. The van der Waals surface area contributed by atoms with E-state index in [1.807, 2.05) is 6.08 Å². The molecule has 1 aliphatic carbocycles. The van der Waals surface area contributed by atoms with E-state index in [0.717, 1.165) is 36.5 Å². The van der Waals surface area contributed by atoms with Crippen molar-refractivity contribution in [1.29, 1.82) is 0 Å². The molecule has 0 spiro atoms. The van der Waals surface area contributed by atoms with Gasteiger partial charge in [0.15, 0.2) is 11.5 Å². The molecule has 28 heavy (non-hydrogen) atoms. The fourth-order valence-electron chi connectivity index (χ4n) is 3.41. The second-order valence-electron chi connectivity index (χ2n) is 6.94. The molecule has 1 N–H and O–H groups in total. The fourth-order valence-corrected chi connectivity index (χ4v) is 4.63. The molecule has 4 rings (SSSR count). The van der Waals surface area contributed by atoms with E-state index in [1.54, 1.807) is 0 Å². The van der Waals surface area contributed by atoms with Gasteiger partial charge in [-0.25, -0.2) is 17.5 Å². The van der Waals surface area contributed by atoms with Gasteiger partial charge >= 0.3 is 0 Å². The molecule has 1 fully saturated rings. The van der Waals surface area contributed by atoms with Gasteiger partial charge in [-0.15, -0.1) is 0 Å². The Kier molecular flexibility index (Phi) is 5.56. The standard InChI is InChI=1S/C19H23FN2O5S/c20-14-4-6-16(7-5-14)28(23,24)21-15-12-22(13-15)8-9-25-17-2-1-3-18-19(17)27-11-10-26-18/h2,4-7,15,21H,1,3,8-13H2. The molecule has 1 aromatic carbocycles. The van der Waals surface area contributed by atoms with Crippen LogP contribution >= 0.6 is 0 Å². The lowest BCUT2D eigenvalue weighted by molar-refractivity contribution is 0.0359. The van der Waals surface area contributed by atoms with E-state index in [-0.39, 0.29) is 10.9 Å². The number of halogens is 1. The Balaban J connectivity index is 1.21. The minimum absolute atomic E-state index is 0.0682. The lowest BCUT2D eigenvalue weighted by Gasteiger charge is -2.39. The van der Waals surface area contributed by atoms with Gasteiger partial charge in [0.25, 0.3) is 0 Å². The summed E-state index contributed by atoms with van der Waals surface area (Å²) in [6, 6.07) is 4.65. The van der Waals surface area contributed by atoms with Crippen LogP contribution in [-0.4, -0.2) is 58.8 Å². The number of hydrogen-bond donors (Lipinski definition) is 1. The summed E-state index contributed by atoms with van der Waals surface area (Å²) in [6.07, 6.45) is 3.72. The van der Waals surface area contributed by atoms with Crippen LogP contribution in [-0.2, 0) is 24.2 Å². The highest BCUT2D eigenvalue weighted by Gasteiger charge is 2.31. The van der Waals surface area contributed by atoms with Gasteiger partial charge in [-0.3, -0.25) is 4.90 Å². The van der Waals surface area contributed by atoms with E-state index in [4.69, 9.17) is 14.2 Å². The van der Waals surface area contributed by atoms with Gasteiger partial charge in [0.1, 0.15) is 31.4 Å². The quantitative estimate of drug-likeness (QED) is 0.738. The number of allylic oxidation sites excluding steroid dienone is 2. The van der Waals surface area contributed by atoms with Crippen LogP contribution in [0.25, 0.3) is 0 Å². The number of rotatable bonds is 7. The van der Waals surface area contributed by atoms with E-state index >= 15 is 0 Å². The Morgan fingerprint density at radius 2 is 1.93 bits per heavy atom. The van der Waals surface area contributed by atoms with Crippen molar-refractivity contribution in [3.63, 3.8) is 0 Å². The van der Waals surface area contributed by atoms with Crippen LogP contribution < -0.4 is 4.72 Å². The normalized spacial score (nSPS) is 20.5. The second kappa shape index (κ2) is 8.10. The Bertz CT molecular complexity index is 876. The Hall–Kier alpha value is -2.10. The molecular weight excluding hydrogens is 387 g/mol. The molecule has 0 unspecified atom stereocenters. The van der Waals surface area contributed by atoms with Crippen LogP contribution in [0.4, 0.5) is 4.39 Å². The number of likely N-dealkylation sites (tertiary alicyclic amines) is 1. The molecule has 1 saturated heterocycles. The number of ether oxygens (including phenoxy) is 3. The van der Waals surface area contributed by atoms with Crippen LogP contribution in [0.15, 0.2) is 52.5 Å². The third-order valence-electron chi connectivity index (χ3n) is 4.85. The summed E-state index contributed by atoms with van der Waals surface area (Å²) in [5, 5.41) is 0. The van der Waals surface area contributed by atoms with E-state index in [2.05, 4.69) is 9.62 Å². The van der Waals surface area contributed by atoms with Gasteiger partial charge in [-0.1, -0.05) is 0 Å². The monoisotopic (exact) mass is 410 g/mol. The maximum absolute atomic E-state index is 13.0. The second-order valence-corrected chi connectivity index (χ2v) is 8.65. The van der Waals surface area contributed by atoms with Gasteiger partial charge in [0, 0.05) is 32.1 Å². The average molecular weight is 410 g/mol. The summed E-state index contributed by atoms with van der Waals surface area (Å²) in [7, 11) is -3.63. The molecule has 1 aromatic rings. The molecule has 0 aromatic heterocycles. The van der Waals surface area contributed by atoms with Gasteiger partial charge in [0.2, 0.25) is 10.0 Å². The summed E-state index contributed by atoms with van der Waals surface area (Å²) in [4.78, 5) is 2.17. The highest BCUT2D eigenvalue weighted by atomic mass is 32.2. The van der Waals surface area contributed by atoms with Crippen molar-refractivity contribution in [1.82, 2.24) is 9.62 Å². The smallest absolute Gasteiger partial charge is 0.240 e. The van der Waals surface area contributed by atoms with Gasteiger partial charge in [-0.2, -0.15) is 0 Å². The van der Waals surface area contributed by atoms with E-state index in [9.17, 15) is 12.8 Å². The SMILES string of the molecule is O=S(=O)(NC1CN(CCOC2=CCCC3=C2OCCO3)C1)c1ccc(F)cc1. The first kappa shape index (κ1) is 19.2. The molecule has 0 amide bonds. The van der Waals surface area contributed by atoms with Crippen LogP contribution in [0.2, 0.25) is 0 Å². The lowest BCUT2D eigenvalue weighted by atomic mass is 10.1. The molecule has 3 aliphatic rings. The third-order valence-corrected chi connectivity index (χ3v) is 6.39. The largest absolute Gasteiger partial charge is 0.490 e. The van der Waals surface area contributed by atoms with Gasteiger partial charge in [-0.05, 0) is 36.8 Å². The summed E-state index contributed by atoms with van der Waals surface area (Å²) in [6.45, 7) is 3.50. The first-order valence-electron chi connectivity index (χ1n) is 9.33. The van der Waals surface area contributed by atoms with Crippen molar-refractivity contribution >= 4 is 10.0 Å². The van der Waals surface area contributed by atoms with Gasteiger partial charge < -0.3 is 14.2 Å². The number of benzene rings is 1. The number of hydrogen-bond acceptors (Lipinski definition) is 6. The highest BCUT2D eigenvalue weighted by molar-refractivity contribution is 7.89. The molecule has 0 radical (unpaired) electrons. The Morgan fingerprint density at radius 3 is 2.71 bits per heavy atom. The van der Waals surface area contributed by atoms with Crippen molar-refractivity contribution in [2.45, 2.75) is 23.8 Å². The maximum Gasteiger partial charge on any atom is 0.240 e. The zero-order valence-corrected chi connectivity index (χ0v) is 16.2. The minimum Gasteiger partial charge on any atom is -0.490 e. The summed E-state index contributed by atoms with van der Waals surface area (Å²) in [5.41, 5.74) is 0. The summed E-state index contributed by atoms with van der Waals surface area (Å²) < 4.78 is 57.3. The van der Waals surface area contributed by atoms with Crippen molar-refractivity contribution in [3.8, 4) is 0 Å². The van der Waals surface area contributed by atoms with Crippen LogP contribution in [0.5, 0.6) is 0 Å². The average Bonchev–Trinajstić information content (AvgIpc) is 2.66. The third kappa shape index (κ3) is 4.31. The number of nitrogens with one attached hydrogen (secondary N) is 1. The molecule has 9 heteroatoms. The van der Waals surface area contributed by atoms with Crippen LogP contribution in [0, 0.1) is 5.82 Å². The Morgan fingerprint density at radius 1 is 1.18 bits per heavy atom. The van der Waals surface area contributed by atoms with Crippen molar-refractivity contribution in [3.05, 3.63) is 53.4 Å². The molecule has 0 bridgehead atoms. The van der Waals surface area contributed by atoms with E-state index < -0.39 is 15.8 Å². The molecule has 7 nitrogen and oxygen atoms in total. The van der Waals surface area contributed by atoms with Crippen molar-refractivity contribution in [2.24, 2.45) is 0 Å². The first-order valence-corrected chi connectivity index (χ1v) is 10.8.